The van der Waals surface area contributed by atoms with Crippen LogP contribution in [0.4, 0.5) is 11.4 Å². The summed E-state index contributed by atoms with van der Waals surface area (Å²) in [5.74, 6) is -0.423. The van der Waals surface area contributed by atoms with E-state index in [1.807, 2.05) is 0 Å². The fraction of sp³-hybridized carbons (Fsp3) is 0. The van der Waals surface area contributed by atoms with E-state index in [0.29, 0.717) is 11.4 Å². The number of nitrogen functional groups attached to an aromatic ring is 1. The molecule has 0 fully saturated rings. The van der Waals surface area contributed by atoms with Gasteiger partial charge in [-0.25, -0.2) is 4.98 Å². The predicted molar refractivity (Wildman–Crippen MR) is 58.1 cm³/mol. The number of rotatable bonds is 2. The number of nitrogens with one attached hydrogen (secondary N) is 1. The maximum absolute atomic E-state index is 11.7. The maximum atomic E-state index is 11.7. The molecule has 2 aromatic rings. The molecule has 7 heteroatoms. The van der Waals surface area contributed by atoms with Gasteiger partial charge in [0.25, 0.3) is 5.91 Å². The topological polar surface area (TPSA) is 94.0 Å². The Morgan fingerprint density at radius 2 is 2.31 bits per heavy atom. The molecule has 0 spiro atoms. The van der Waals surface area contributed by atoms with Crippen molar-refractivity contribution in [3.05, 3.63) is 35.4 Å². The Hall–Kier alpha value is -2.08. The first kappa shape index (κ1) is 10.4. The van der Waals surface area contributed by atoms with Crippen molar-refractivity contribution in [2.75, 3.05) is 11.1 Å². The monoisotopic (exact) mass is 238 g/mol. The van der Waals surface area contributed by atoms with Crippen LogP contribution in [0.3, 0.4) is 0 Å². The standard InChI is InChI=1S/C9H7ClN4O2/c10-8-7(1-5(11)2-12-8)9(15)14-6-3-13-16-4-6/h1-4H,11H2,(H,14,15). The first-order valence-corrected chi connectivity index (χ1v) is 4.66. The Balaban J connectivity index is 2.24. The first-order valence-electron chi connectivity index (χ1n) is 4.28. The van der Waals surface area contributed by atoms with E-state index in [9.17, 15) is 4.79 Å². The smallest absolute Gasteiger partial charge is 0.258 e. The highest BCUT2D eigenvalue weighted by Crippen LogP contribution is 2.17. The van der Waals surface area contributed by atoms with Crippen LogP contribution in [0.25, 0.3) is 0 Å². The van der Waals surface area contributed by atoms with Crippen LogP contribution in [0.5, 0.6) is 0 Å². The summed E-state index contributed by atoms with van der Waals surface area (Å²) < 4.78 is 4.57. The number of hydrogen-bond donors (Lipinski definition) is 2. The van der Waals surface area contributed by atoms with Crippen molar-refractivity contribution in [1.82, 2.24) is 10.1 Å². The molecule has 3 N–H and O–H groups in total. The van der Waals surface area contributed by atoms with Crippen LogP contribution in [-0.2, 0) is 0 Å². The molecule has 6 nitrogen and oxygen atoms in total. The molecule has 16 heavy (non-hydrogen) atoms. The number of amides is 1. The Morgan fingerprint density at radius 3 is 3.00 bits per heavy atom. The second-order valence-corrected chi connectivity index (χ2v) is 3.33. The lowest BCUT2D eigenvalue weighted by molar-refractivity contribution is 0.102. The fourth-order valence-electron chi connectivity index (χ4n) is 1.09. The van der Waals surface area contributed by atoms with Gasteiger partial charge < -0.3 is 15.6 Å². The van der Waals surface area contributed by atoms with Crippen LogP contribution < -0.4 is 11.1 Å². The normalized spacial score (nSPS) is 10.1. The van der Waals surface area contributed by atoms with Crippen LogP contribution in [0.1, 0.15) is 10.4 Å². The van der Waals surface area contributed by atoms with E-state index in [1.165, 1.54) is 24.7 Å². The lowest BCUT2D eigenvalue weighted by Gasteiger charge is -2.04. The van der Waals surface area contributed by atoms with Crippen LogP contribution >= 0.6 is 11.6 Å². The van der Waals surface area contributed by atoms with Crippen molar-refractivity contribution in [2.45, 2.75) is 0 Å². The summed E-state index contributed by atoms with van der Waals surface area (Å²) in [5.41, 5.74) is 6.50. The van der Waals surface area contributed by atoms with E-state index in [1.54, 1.807) is 0 Å². The van der Waals surface area contributed by atoms with Crippen molar-refractivity contribution in [3.63, 3.8) is 0 Å². The molecule has 2 heterocycles. The van der Waals surface area contributed by atoms with Gasteiger partial charge in [0, 0.05) is 0 Å². The lowest BCUT2D eigenvalue weighted by atomic mass is 10.2. The van der Waals surface area contributed by atoms with Gasteiger partial charge in [-0.3, -0.25) is 4.79 Å². The van der Waals surface area contributed by atoms with Gasteiger partial charge in [0.2, 0.25) is 0 Å². The van der Waals surface area contributed by atoms with Gasteiger partial charge in [0.15, 0.2) is 0 Å². The minimum Gasteiger partial charge on any atom is -0.397 e. The van der Waals surface area contributed by atoms with Crippen LogP contribution in [-0.4, -0.2) is 16.0 Å². The van der Waals surface area contributed by atoms with Crippen LogP contribution in [0.2, 0.25) is 5.15 Å². The summed E-state index contributed by atoms with van der Waals surface area (Å²) in [6, 6.07) is 1.44. The largest absolute Gasteiger partial charge is 0.397 e. The van der Waals surface area contributed by atoms with E-state index >= 15 is 0 Å². The highest BCUT2D eigenvalue weighted by Gasteiger charge is 2.12. The zero-order valence-electron chi connectivity index (χ0n) is 7.98. The molecule has 0 aliphatic carbocycles. The summed E-state index contributed by atoms with van der Waals surface area (Å²) in [6.07, 6.45) is 4.04. The van der Waals surface area contributed by atoms with Gasteiger partial charge in [-0.05, 0) is 6.07 Å². The van der Waals surface area contributed by atoms with E-state index < -0.39 is 5.91 Å². The molecular weight excluding hydrogens is 232 g/mol. The van der Waals surface area contributed by atoms with Gasteiger partial charge in [-0.2, -0.15) is 0 Å². The zero-order chi connectivity index (χ0) is 11.5. The number of carbonyl (C=O) groups is 1. The quantitative estimate of drug-likeness (QED) is 0.775. The number of nitrogens with two attached hydrogens (primary N) is 1. The summed E-state index contributed by atoms with van der Waals surface area (Å²) >= 11 is 5.76. The molecule has 0 aromatic carbocycles. The molecule has 0 saturated heterocycles. The lowest BCUT2D eigenvalue weighted by Crippen LogP contribution is -2.13. The molecular formula is C9H7ClN4O2. The third kappa shape index (κ3) is 2.12. The Kier molecular flexibility index (Phi) is 2.74. The highest BCUT2D eigenvalue weighted by atomic mass is 35.5. The number of nitrogens with zero attached hydrogens (tertiary/aromatic N) is 2. The molecule has 0 unspecified atom stereocenters. The van der Waals surface area contributed by atoms with Gasteiger partial charge in [-0.1, -0.05) is 16.8 Å². The summed E-state index contributed by atoms with van der Waals surface area (Å²) in [5, 5.41) is 6.06. The second-order valence-electron chi connectivity index (χ2n) is 2.97. The van der Waals surface area contributed by atoms with Crippen LogP contribution in [0, 0.1) is 0 Å². The predicted octanol–water partition coefficient (Wildman–Crippen LogP) is 1.56. The number of anilines is 2. The Bertz CT molecular complexity index is 512. The first-order chi connectivity index (χ1) is 7.66. The molecule has 0 saturated carbocycles. The summed E-state index contributed by atoms with van der Waals surface area (Å²) in [4.78, 5) is 15.5. The Labute approximate surface area is 95.4 Å². The third-order valence-electron chi connectivity index (χ3n) is 1.80. The van der Waals surface area contributed by atoms with E-state index in [2.05, 4.69) is 20.0 Å². The van der Waals surface area contributed by atoms with Gasteiger partial charge in [0.1, 0.15) is 17.1 Å². The molecule has 0 aliphatic rings. The minimum absolute atomic E-state index is 0.0863. The number of hydrogen-bond acceptors (Lipinski definition) is 5. The summed E-state index contributed by atoms with van der Waals surface area (Å²) in [6.45, 7) is 0. The molecule has 0 atom stereocenters. The van der Waals surface area contributed by atoms with Gasteiger partial charge >= 0.3 is 0 Å². The van der Waals surface area contributed by atoms with E-state index in [4.69, 9.17) is 17.3 Å². The number of halogens is 1. The SMILES string of the molecule is Nc1cnc(Cl)c(C(=O)Nc2cnoc2)c1. The van der Waals surface area contributed by atoms with Crippen LogP contribution in [0.15, 0.2) is 29.2 Å². The molecule has 0 aliphatic heterocycles. The molecule has 2 rings (SSSR count). The van der Waals surface area contributed by atoms with Crippen molar-refractivity contribution in [2.24, 2.45) is 0 Å². The molecule has 2 aromatic heterocycles. The number of aromatic nitrogens is 2. The molecule has 82 valence electrons. The highest BCUT2D eigenvalue weighted by molar-refractivity contribution is 6.33. The number of carbonyl (C=O) groups excluding carboxylic acids is 1. The Morgan fingerprint density at radius 1 is 1.50 bits per heavy atom. The molecule has 0 bridgehead atoms. The van der Waals surface area contributed by atoms with Gasteiger partial charge in [0.05, 0.1) is 23.6 Å². The van der Waals surface area contributed by atoms with Crippen molar-refractivity contribution in [3.8, 4) is 0 Å². The van der Waals surface area contributed by atoms with Crippen molar-refractivity contribution >= 4 is 28.9 Å². The third-order valence-corrected chi connectivity index (χ3v) is 2.10. The maximum Gasteiger partial charge on any atom is 0.258 e. The minimum atomic E-state index is -0.423. The average molecular weight is 239 g/mol. The molecule has 1 amide bonds. The average Bonchev–Trinajstić information content (AvgIpc) is 2.74. The molecule has 0 radical (unpaired) electrons. The zero-order valence-corrected chi connectivity index (χ0v) is 8.73. The van der Waals surface area contributed by atoms with Crippen molar-refractivity contribution in [1.29, 1.82) is 0 Å². The van der Waals surface area contributed by atoms with Gasteiger partial charge in [-0.15, -0.1) is 0 Å². The second kappa shape index (κ2) is 4.19. The van der Waals surface area contributed by atoms with E-state index in [0.717, 1.165) is 0 Å². The summed E-state index contributed by atoms with van der Waals surface area (Å²) in [7, 11) is 0. The fourth-order valence-corrected chi connectivity index (χ4v) is 1.28. The van der Waals surface area contributed by atoms with E-state index in [-0.39, 0.29) is 10.7 Å². The number of pyridine rings is 1. The van der Waals surface area contributed by atoms with Crippen molar-refractivity contribution < 1.29 is 9.32 Å².